The summed E-state index contributed by atoms with van der Waals surface area (Å²) < 4.78 is 14.8. The maximum Gasteiger partial charge on any atom is 0.379 e. The van der Waals surface area contributed by atoms with Crippen molar-refractivity contribution < 1.29 is 40.3 Å². The van der Waals surface area contributed by atoms with Gasteiger partial charge in [-0.15, -0.1) is 0 Å². The third kappa shape index (κ3) is 3.40. The predicted molar refractivity (Wildman–Crippen MR) is 127 cm³/mol. The second kappa shape index (κ2) is 8.96. The molecular weight excluding hydrogens is 508 g/mol. The first-order valence-electron chi connectivity index (χ1n) is 11.7. The number of nitrogens with zero attached hydrogens (tertiary/aromatic N) is 2. The van der Waals surface area contributed by atoms with Crippen LogP contribution in [-0.4, -0.2) is 29.7 Å². The third-order valence-electron chi connectivity index (χ3n) is 6.88. The summed E-state index contributed by atoms with van der Waals surface area (Å²) in [6.45, 7) is 4.29. The Kier molecular flexibility index (Phi) is 5.97. The average Bonchev–Trinajstić information content (AvgIpc) is 3.33. The molecule has 3 aliphatic carbocycles. The van der Waals surface area contributed by atoms with Crippen molar-refractivity contribution in [2.45, 2.75) is 20.4 Å². The van der Waals surface area contributed by atoms with Crippen LogP contribution in [0.5, 0.6) is 0 Å². The van der Waals surface area contributed by atoms with Crippen LogP contribution in [0.25, 0.3) is 17.1 Å². The number of carbonyl (C=O) groups excluding carboxylic acids is 2. The Morgan fingerprint density at radius 2 is 1.80 bits per heavy atom. The van der Waals surface area contributed by atoms with Crippen molar-refractivity contribution in [3.8, 4) is 0 Å². The van der Waals surface area contributed by atoms with Crippen molar-refractivity contribution in [1.82, 2.24) is 4.57 Å². The molecule has 0 amide bonds. The second-order valence-corrected chi connectivity index (χ2v) is 8.64. The highest BCUT2D eigenvalue weighted by Gasteiger charge is 2.47. The van der Waals surface area contributed by atoms with Gasteiger partial charge in [0.05, 0.1) is 13.2 Å². The third-order valence-corrected chi connectivity index (χ3v) is 6.88. The summed E-state index contributed by atoms with van der Waals surface area (Å²) in [5.41, 5.74) is 7.61. The number of hydrogen-bond acceptors (Lipinski definition) is 4. The Hall–Kier alpha value is -3.45. The molecule has 0 radical (unpaired) electrons. The van der Waals surface area contributed by atoms with Gasteiger partial charge in [0.1, 0.15) is 0 Å². The maximum atomic E-state index is 13.5. The number of para-hydroxylation sites is 2. The van der Waals surface area contributed by atoms with Crippen molar-refractivity contribution in [2.24, 2.45) is 11.8 Å². The molecule has 0 fully saturated rings. The minimum Gasteiger partial charge on any atom is -1.00 e. The standard InChI is InChI=1S/C28H25N2O4.BrH/c1-3-33-24(31)16-29-21-13-5-6-14-22(21)30-23(29)15-20-18-11-7-9-17-10-8-12-19(25(17)18)26(20)27(30)28(32)34-4-2;/h5-15,20,25H,3-4,16H2,1-2H3;1H/q+1;/p-1. The van der Waals surface area contributed by atoms with Gasteiger partial charge < -0.3 is 26.5 Å². The topological polar surface area (TPSA) is 63.4 Å². The highest BCUT2D eigenvalue weighted by molar-refractivity contribution is 5.89. The van der Waals surface area contributed by atoms with Gasteiger partial charge in [-0.3, -0.25) is 0 Å². The first kappa shape index (κ1) is 23.3. The van der Waals surface area contributed by atoms with Crippen LogP contribution < -0.4 is 26.7 Å². The number of halogens is 1. The van der Waals surface area contributed by atoms with Gasteiger partial charge in [0.15, 0.2) is 17.6 Å². The molecule has 2 heterocycles. The van der Waals surface area contributed by atoms with Gasteiger partial charge in [0.25, 0.3) is 5.48 Å². The molecule has 0 saturated heterocycles. The van der Waals surface area contributed by atoms with Crippen molar-refractivity contribution in [3.63, 3.8) is 0 Å². The molecule has 35 heavy (non-hydrogen) atoms. The quantitative estimate of drug-likeness (QED) is 0.394. The van der Waals surface area contributed by atoms with E-state index in [0.29, 0.717) is 12.3 Å². The molecule has 0 N–H and O–H groups in total. The number of hydrogen-bond donors (Lipinski definition) is 0. The fraction of sp³-hybridized carbons (Fsp3) is 0.250. The molecule has 0 spiro atoms. The lowest BCUT2D eigenvalue weighted by Gasteiger charge is -2.23. The molecule has 4 aliphatic rings. The molecule has 2 aromatic rings. The molecule has 1 aromatic heterocycles. The molecule has 6 nitrogen and oxygen atoms in total. The van der Waals surface area contributed by atoms with Gasteiger partial charge in [-0.05, 0) is 42.7 Å². The Labute approximate surface area is 213 Å². The molecule has 2 atom stereocenters. The molecule has 2 unspecified atom stereocenters. The Morgan fingerprint density at radius 3 is 2.60 bits per heavy atom. The Balaban J connectivity index is 0.00000253. The fourth-order valence-corrected chi connectivity index (χ4v) is 5.68. The number of esters is 2. The molecule has 7 heteroatoms. The second-order valence-electron chi connectivity index (χ2n) is 8.64. The number of fused-ring (bicyclic) bond motifs is 5. The summed E-state index contributed by atoms with van der Waals surface area (Å²) in [4.78, 5) is 26.1. The molecule has 0 saturated carbocycles. The van der Waals surface area contributed by atoms with E-state index in [1.807, 2.05) is 40.0 Å². The minimum absolute atomic E-state index is 0. The highest BCUT2D eigenvalue weighted by Crippen LogP contribution is 2.51. The normalized spacial score (nSPS) is 20.8. The fourth-order valence-electron chi connectivity index (χ4n) is 5.68. The van der Waals surface area contributed by atoms with Gasteiger partial charge in [-0.2, -0.15) is 4.24 Å². The molecule has 1 aromatic carbocycles. The van der Waals surface area contributed by atoms with E-state index in [1.54, 1.807) is 6.92 Å². The molecule has 178 valence electrons. The van der Waals surface area contributed by atoms with Crippen molar-refractivity contribution >= 4 is 29.0 Å². The number of allylic oxidation sites excluding steroid dienone is 9. The van der Waals surface area contributed by atoms with Gasteiger partial charge in [-0.1, -0.05) is 48.6 Å². The minimum atomic E-state index is -0.356. The summed E-state index contributed by atoms with van der Waals surface area (Å²) in [6.07, 6.45) is 14.9. The Morgan fingerprint density at radius 1 is 1.03 bits per heavy atom. The van der Waals surface area contributed by atoms with E-state index in [2.05, 4.69) is 42.5 Å². The van der Waals surface area contributed by atoms with Gasteiger partial charge >= 0.3 is 11.9 Å². The molecular formula is C28H25BrN2O4. The zero-order valence-electron chi connectivity index (χ0n) is 19.5. The van der Waals surface area contributed by atoms with Crippen molar-refractivity contribution in [1.29, 1.82) is 0 Å². The summed E-state index contributed by atoms with van der Waals surface area (Å²) in [7, 11) is 0. The van der Waals surface area contributed by atoms with Crippen LogP contribution >= 0.6 is 0 Å². The van der Waals surface area contributed by atoms with E-state index in [0.717, 1.165) is 27.7 Å². The summed E-state index contributed by atoms with van der Waals surface area (Å²) in [5.74, 6) is -0.620. The Bertz CT molecular complexity index is 1550. The van der Waals surface area contributed by atoms with Crippen LogP contribution in [0, 0.1) is 17.5 Å². The number of carbonyl (C=O) groups is 2. The smallest absolute Gasteiger partial charge is 0.379 e. The average molecular weight is 533 g/mol. The van der Waals surface area contributed by atoms with Crippen LogP contribution in [0.15, 0.2) is 83.0 Å². The highest BCUT2D eigenvalue weighted by atomic mass is 79.9. The number of aromatic nitrogens is 2. The van der Waals surface area contributed by atoms with Crippen LogP contribution in [0.1, 0.15) is 13.8 Å². The van der Waals surface area contributed by atoms with Gasteiger partial charge in [0.2, 0.25) is 5.71 Å². The van der Waals surface area contributed by atoms with Crippen LogP contribution in [0.2, 0.25) is 0 Å². The molecule has 6 rings (SSSR count). The largest absolute Gasteiger partial charge is 1.00 e. The lowest BCUT2D eigenvalue weighted by atomic mass is 9.80. The predicted octanol–water partition coefficient (Wildman–Crippen LogP) is -0.232. The lowest BCUT2D eigenvalue weighted by Crippen LogP contribution is -3.00. The summed E-state index contributed by atoms with van der Waals surface area (Å²) in [5, 5.41) is 0. The van der Waals surface area contributed by atoms with Gasteiger partial charge in [0, 0.05) is 23.5 Å². The zero-order valence-corrected chi connectivity index (χ0v) is 21.1. The molecule has 1 aliphatic heterocycles. The molecule has 0 bridgehead atoms. The van der Waals surface area contributed by atoms with Crippen LogP contribution in [-0.2, 0) is 25.6 Å². The van der Waals surface area contributed by atoms with Gasteiger partial charge in [-0.25, -0.2) is 14.2 Å². The van der Waals surface area contributed by atoms with E-state index in [9.17, 15) is 9.59 Å². The lowest BCUT2D eigenvalue weighted by molar-refractivity contribution is -0.507. The first-order valence-corrected chi connectivity index (χ1v) is 11.7. The number of rotatable bonds is 5. The van der Waals surface area contributed by atoms with E-state index < -0.39 is 0 Å². The van der Waals surface area contributed by atoms with Crippen molar-refractivity contribution in [3.05, 3.63) is 94.2 Å². The van der Waals surface area contributed by atoms with E-state index >= 15 is 0 Å². The maximum absolute atomic E-state index is 13.5. The van der Waals surface area contributed by atoms with E-state index in [-0.39, 0.29) is 53.9 Å². The number of imidazole rings is 1. The van der Waals surface area contributed by atoms with E-state index in [4.69, 9.17) is 9.47 Å². The van der Waals surface area contributed by atoms with Crippen LogP contribution in [0.4, 0.5) is 0 Å². The van der Waals surface area contributed by atoms with Crippen molar-refractivity contribution in [2.75, 3.05) is 13.2 Å². The number of benzene rings is 1. The zero-order chi connectivity index (χ0) is 23.4. The SMILES string of the molecule is CCOC(=O)Cn1c2[n+](c3ccccc31)=C(C(=O)OCC)C1=C3C=CC=C4C=CC=C(C1C=2)C43.[Br-]. The summed E-state index contributed by atoms with van der Waals surface area (Å²) >= 11 is 0. The van der Waals surface area contributed by atoms with E-state index in [1.165, 1.54) is 11.1 Å². The first-order chi connectivity index (χ1) is 16.6. The summed E-state index contributed by atoms with van der Waals surface area (Å²) in [6, 6.07) is 7.83. The monoisotopic (exact) mass is 532 g/mol. The number of ether oxygens (including phenoxy) is 2. The van der Waals surface area contributed by atoms with Crippen LogP contribution in [0.3, 0.4) is 0 Å².